The maximum absolute atomic E-state index is 12.0. The topological polar surface area (TPSA) is 20.3 Å². The van der Waals surface area contributed by atoms with Gasteiger partial charge in [-0.1, -0.05) is 24.3 Å². The summed E-state index contributed by atoms with van der Waals surface area (Å²) in [4.78, 5) is 13.9. The first-order valence-electron chi connectivity index (χ1n) is 5.60. The molecule has 0 unspecified atom stereocenters. The first-order valence-corrected chi connectivity index (χ1v) is 5.60. The van der Waals surface area contributed by atoms with E-state index < -0.39 is 0 Å². The van der Waals surface area contributed by atoms with Crippen molar-refractivity contribution in [1.29, 1.82) is 0 Å². The zero-order valence-corrected chi connectivity index (χ0v) is 9.23. The Morgan fingerprint density at radius 1 is 1.19 bits per heavy atom. The number of nitrogens with zero attached hydrogens (tertiary/aromatic N) is 1. The predicted octanol–water partition coefficient (Wildman–Crippen LogP) is 2.82. The summed E-state index contributed by atoms with van der Waals surface area (Å²) in [6.45, 7) is 3.56. The standard InChI is InChI=1S/C14H13NO/c1-2-15-9-12-7-10-5-3-4-6-11(10)8-13(12)14(15)16/h3-8H,2,9H2,1H3. The van der Waals surface area contributed by atoms with E-state index in [-0.39, 0.29) is 5.91 Å². The van der Waals surface area contributed by atoms with Gasteiger partial charge in [-0.2, -0.15) is 0 Å². The molecule has 1 amide bonds. The Labute approximate surface area is 94.5 Å². The van der Waals surface area contributed by atoms with Gasteiger partial charge in [0.05, 0.1) is 0 Å². The van der Waals surface area contributed by atoms with E-state index in [1.54, 1.807) is 0 Å². The average Bonchev–Trinajstić information content (AvgIpc) is 2.63. The molecule has 2 aromatic carbocycles. The highest BCUT2D eigenvalue weighted by molar-refractivity contribution is 6.02. The van der Waals surface area contributed by atoms with Crippen LogP contribution >= 0.6 is 0 Å². The van der Waals surface area contributed by atoms with Crippen molar-refractivity contribution in [3.05, 3.63) is 47.5 Å². The van der Waals surface area contributed by atoms with E-state index in [0.717, 1.165) is 29.6 Å². The van der Waals surface area contributed by atoms with Crippen molar-refractivity contribution < 1.29 is 4.79 Å². The van der Waals surface area contributed by atoms with Crippen molar-refractivity contribution in [2.75, 3.05) is 6.54 Å². The Morgan fingerprint density at radius 2 is 1.88 bits per heavy atom. The van der Waals surface area contributed by atoms with E-state index >= 15 is 0 Å². The predicted molar refractivity (Wildman–Crippen MR) is 64.4 cm³/mol. The van der Waals surface area contributed by atoms with E-state index in [1.165, 1.54) is 5.39 Å². The van der Waals surface area contributed by atoms with Crippen molar-refractivity contribution in [2.45, 2.75) is 13.5 Å². The highest BCUT2D eigenvalue weighted by atomic mass is 16.2. The number of amides is 1. The molecule has 0 N–H and O–H groups in total. The zero-order chi connectivity index (χ0) is 11.1. The smallest absolute Gasteiger partial charge is 0.254 e. The molecule has 2 nitrogen and oxygen atoms in total. The van der Waals surface area contributed by atoms with Crippen LogP contribution in [0.1, 0.15) is 22.8 Å². The summed E-state index contributed by atoms with van der Waals surface area (Å²) in [5.74, 6) is 0.170. The Hall–Kier alpha value is -1.83. The van der Waals surface area contributed by atoms with Gasteiger partial charge in [-0.25, -0.2) is 0 Å². The lowest BCUT2D eigenvalue weighted by Gasteiger charge is -2.10. The zero-order valence-electron chi connectivity index (χ0n) is 9.23. The van der Waals surface area contributed by atoms with Crippen LogP contribution in [0.2, 0.25) is 0 Å². The molecule has 0 fully saturated rings. The molecule has 0 atom stereocenters. The molecular formula is C14H13NO. The molecule has 16 heavy (non-hydrogen) atoms. The maximum Gasteiger partial charge on any atom is 0.254 e. The SMILES string of the molecule is CCN1Cc2cc3ccccc3cc2C1=O. The molecule has 0 saturated heterocycles. The largest absolute Gasteiger partial charge is 0.335 e. The van der Waals surface area contributed by atoms with Gasteiger partial charge < -0.3 is 4.90 Å². The Bertz CT molecular complexity index is 574. The molecule has 80 valence electrons. The van der Waals surface area contributed by atoms with E-state index in [4.69, 9.17) is 0 Å². The van der Waals surface area contributed by atoms with Crippen LogP contribution in [0, 0.1) is 0 Å². The number of carbonyl (C=O) groups is 1. The molecule has 3 rings (SSSR count). The highest BCUT2D eigenvalue weighted by Gasteiger charge is 2.25. The number of benzene rings is 2. The van der Waals surface area contributed by atoms with E-state index in [9.17, 15) is 4.79 Å². The van der Waals surface area contributed by atoms with E-state index in [1.807, 2.05) is 30.0 Å². The minimum atomic E-state index is 0.170. The fourth-order valence-electron chi connectivity index (χ4n) is 2.32. The van der Waals surface area contributed by atoms with Gasteiger partial charge in [0, 0.05) is 18.7 Å². The van der Waals surface area contributed by atoms with Crippen molar-refractivity contribution >= 4 is 16.7 Å². The average molecular weight is 211 g/mol. The summed E-state index contributed by atoms with van der Waals surface area (Å²) in [7, 11) is 0. The van der Waals surface area contributed by atoms with Gasteiger partial charge in [0.2, 0.25) is 0 Å². The molecule has 1 aliphatic heterocycles. The van der Waals surface area contributed by atoms with Crippen LogP contribution in [0.15, 0.2) is 36.4 Å². The van der Waals surface area contributed by atoms with E-state index in [0.29, 0.717) is 0 Å². The van der Waals surface area contributed by atoms with Crippen molar-refractivity contribution in [3.63, 3.8) is 0 Å². The van der Waals surface area contributed by atoms with Gasteiger partial charge in [0.1, 0.15) is 0 Å². The highest BCUT2D eigenvalue weighted by Crippen LogP contribution is 2.27. The summed E-state index contributed by atoms with van der Waals surface area (Å²) in [5.41, 5.74) is 2.03. The molecule has 1 aliphatic rings. The second kappa shape index (κ2) is 3.34. The molecule has 2 heteroatoms. The number of hydrogen-bond donors (Lipinski definition) is 0. The lowest BCUT2D eigenvalue weighted by molar-refractivity contribution is 0.0787. The molecule has 0 spiro atoms. The molecule has 2 aromatic rings. The molecule has 0 bridgehead atoms. The Morgan fingerprint density at radius 3 is 2.56 bits per heavy atom. The van der Waals surface area contributed by atoms with Gasteiger partial charge in [-0.3, -0.25) is 4.79 Å². The van der Waals surface area contributed by atoms with Crippen LogP contribution in [0.3, 0.4) is 0 Å². The summed E-state index contributed by atoms with van der Waals surface area (Å²) in [6, 6.07) is 12.3. The molecule has 0 radical (unpaired) electrons. The fourth-order valence-corrected chi connectivity index (χ4v) is 2.32. The van der Waals surface area contributed by atoms with Gasteiger partial charge >= 0.3 is 0 Å². The number of rotatable bonds is 1. The normalized spacial score (nSPS) is 14.6. The molecule has 0 aliphatic carbocycles. The monoisotopic (exact) mass is 211 g/mol. The van der Waals surface area contributed by atoms with Gasteiger partial charge in [-0.05, 0) is 35.4 Å². The van der Waals surface area contributed by atoms with Crippen LogP contribution in [0.5, 0.6) is 0 Å². The third-order valence-corrected chi connectivity index (χ3v) is 3.23. The lowest BCUT2D eigenvalue weighted by atomic mass is 10.0. The van der Waals surface area contributed by atoms with Crippen molar-refractivity contribution in [1.82, 2.24) is 4.90 Å². The minimum Gasteiger partial charge on any atom is -0.335 e. The van der Waals surface area contributed by atoms with Crippen LogP contribution in [0.4, 0.5) is 0 Å². The second-order valence-corrected chi connectivity index (χ2v) is 4.18. The summed E-state index contributed by atoms with van der Waals surface area (Å²) < 4.78 is 0. The molecule has 0 saturated carbocycles. The second-order valence-electron chi connectivity index (χ2n) is 4.18. The number of fused-ring (bicyclic) bond motifs is 2. The van der Waals surface area contributed by atoms with Crippen LogP contribution in [0.25, 0.3) is 10.8 Å². The summed E-state index contributed by atoms with van der Waals surface area (Å²) >= 11 is 0. The van der Waals surface area contributed by atoms with Crippen molar-refractivity contribution in [2.24, 2.45) is 0 Å². The van der Waals surface area contributed by atoms with Gasteiger partial charge in [0.15, 0.2) is 0 Å². The summed E-state index contributed by atoms with van der Waals surface area (Å²) in [5, 5.41) is 2.36. The first kappa shape index (κ1) is 9.40. The van der Waals surface area contributed by atoms with Crippen molar-refractivity contribution in [3.8, 4) is 0 Å². The van der Waals surface area contributed by atoms with E-state index in [2.05, 4.69) is 18.2 Å². The summed E-state index contributed by atoms with van der Waals surface area (Å²) in [6.07, 6.45) is 0. The maximum atomic E-state index is 12.0. The molecular weight excluding hydrogens is 198 g/mol. The quantitative estimate of drug-likeness (QED) is 0.710. The van der Waals surface area contributed by atoms with Gasteiger partial charge in [-0.15, -0.1) is 0 Å². The van der Waals surface area contributed by atoms with Crippen LogP contribution < -0.4 is 0 Å². The third kappa shape index (κ3) is 1.23. The fraction of sp³-hybridized carbons (Fsp3) is 0.214. The molecule has 0 aromatic heterocycles. The third-order valence-electron chi connectivity index (χ3n) is 3.23. The minimum absolute atomic E-state index is 0.170. The van der Waals surface area contributed by atoms with Crippen LogP contribution in [-0.2, 0) is 6.54 Å². The number of hydrogen-bond acceptors (Lipinski definition) is 1. The van der Waals surface area contributed by atoms with Crippen LogP contribution in [-0.4, -0.2) is 17.4 Å². The Kier molecular flexibility index (Phi) is 1.96. The number of carbonyl (C=O) groups excluding carboxylic acids is 1. The first-order chi connectivity index (χ1) is 7.79. The Balaban J connectivity index is 2.22. The molecule has 1 heterocycles. The van der Waals surface area contributed by atoms with Gasteiger partial charge in [0.25, 0.3) is 5.91 Å². The lowest BCUT2D eigenvalue weighted by Crippen LogP contribution is -2.22.